The van der Waals surface area contributed by atoms with Crippen molar-refractivity contribution >= 4 is 16.8 Å². The molecule has 1 aliphatic rings. The Bertz CT molecular complexity index is 883. The largest absolute Gasteiger partial charge is 0.472 e. The van der Waals surface area contributed by atoms with Gasteiger partial charge in [-0.2, -0.15) is 0 Å². The lowest BCUT2D eigenvalue weighted by molar-refractivity contribution is 0.0953. The first-order valence-corrected chi connectivity index (χ1v) is 8.83. The van der Waals surface area contributed by atoms with E-state index >= 15 is 0 Å². The van der Waals surface area contributed by atoms with Crippen molar-refractivity contribution in [3.8, 4) is 5.88 Å². The van der Waals surface area contributed by atoms with Crippen LogP contribution in [0, 0.1) is 0 Å². The molecule has 1 amide bonds. The maximum Gasteiger partial charge on any atom is 0.252 e. The van der Waals surface area contributed by atoms with E-state index in [1.54, 1.807) is 18.3 Å². The van der Waals surface area contributed by atoms with E-state index in [4.69, 9.17) is 9.47 Å². The number of nitrogens with zero attached hydrogens (tertiary/aromatic N) is 1. The summed E-state index contributed by atoms with van der Waals surface area (Å²) in [6.07, 6.45) is 5.24. The second-order valence-electron chi connectivity index (χ2n) is 6.35. The van der Waals surface area contributed by atoms with E-state index < -0.39 is 0 Å². The monoisotopic (exact) mass is 351 g/mol. The number of carbonyl (C=O) groups excluding carboxylic acids is 1. The van der Waals surface area contributed by atoms with Gasteiger partial charge in [0.1, 0.15) is 6.10 Å². The highest BCUT2D eigenvalue weighted by molar-refractivity contribution is 5.94. The zero-order valence-corrected chi connectivity index (χ0v) is 14.4. The van der Waals surface area contributed by atoms with Crippen LogP contribution in [0.2, 0.25) is 0 Å². The zero-order chi connectivity index (χ0) is 17.8. The number of nitrogens with one attached hydrogen (secondary N) is 2. The number of hydrogen-bond acceptors (Lipinski definition) is 4. The van der Waals surface area contributed by atoms with Crippen LogP contribution >= 0.6 is 0 Å². The number of amides is 1. The van der Waals surface area contributed by atoms with Gasteiger partial charge in [0.05, 0.1) is 18.8 Å². The van der Waals surface area contributed by atoms with Gasteiger partial charge >= 0.3 is 0 Å². The second kappa shape index (κ2) is 7.58. The van der Waals surface area contributed by atoms with E-state index in [1.165, 1.54) is 10.9 Å². The minimum absolute atomic E-state index is 0.0540. The maximum absolute atomic E-state index is 12.3. The Labute approximate surface area is 151 Å². The first-order chi connectivity index (χ1) is 12.8. The molecule has 1 aliphatic heterocycles. The Morgan fingerprint density at radius 2 is 2.23 bits per heavy atom. The lowest BCUT2D eigenvalue weighted by atomic mass is 10.1. The summed E-state index contributed by atoms with van der Waals surface area (Å²) in [5, 5.41) is 4.14. The predicted octanol–water partition coefficient (Wildman–Crippen LogP) is 2.70. The summed E-state index contributed by atoms with van der Waals surface area (Å²) in [6, 6.07) is 11.6. The average molecular weight is 351 g/mol. The number of pyridine rings is 1. The highest BCUT2D eigenvalue weighted by Gasteiger charge is 2.17. The van der Waals surface area contributed by atoms with Crippen LogP contribution in [-0.2, 0) is 11.2 Å². The van der Waals surface area contributed by atoms with Gasteiger partial charge in [0.25, 0.3) is 5.91 Å². The van der Waals surface area contributed by atoms with Crippen molar-refractivity contribution in [2.45, 2.75) is 18.9 Å². The lowest BCUT2D eigenvalue weighted by Crippen LogP contribution is -2.25. The van der Waals surface area contributed by atoms with Crippen molar-refractivity contribution in [1.82, 2.24) is 15.3 Å². The Balaban J connectivity index is 1.30. The summed E-state index contributed by atoms with van der Waals surface area (Å²) in [7, 11) is 0. The molecule has 3 aromatic rings. The molecule has 26 heavy (non-hydrogen) atoms. The van der Waals surface area contributed by atoms with Gasteiger partial charge in [-0.05, 0) is 24.1 Å². The van der Waals surface area contributed by atoms with Gasteiger partial charge in [0.2, 0.25) is 5.88 Å². The van der Waals surface area contributed by atoms with Crippen LogP contribution in [0.1, 0.15) is 22.3 Å². The van der Waals surface area contributed by atoms with Crippen LogP contribution in [0.25, 0.3) is 10.9 Å². The molecule has 0 saturated carbocycles. The third kappa shape index (κ3) is 3.70. The number of ether oxygens (including phenoxy) is 2. The van der Waals surface area contributed by atoms with E-state index in [0.717, 1.165) is 25.0 Å². The fourth-order valence-corrected chi connectivity index (χ4v) is 3.11. The quantitative estimate of drug-likeness (QED) is 0.716. The third-order valence-electron chi connectivity index (χ3n) is 4.53. The maximum atomic E-state index is 12.3. The van der Waals surface area contributed by atoms with Crippen molar-refractivity contribution in [2.24, 2.45) is 0 Å². The van der Waals surface area contributed by atoms with Gasteiger partial charge in [0, 0.05) is 42.3 Å². The summed E-state index contributed by atoms with van der Waals surface area (Å²) in [4.78, 5) is 19.7. The fourth-order valence-electron chi connectivity index (χ4n) is 3.11. The molecule has 2 aromatic heterocycles. The van der Waals surface area contributed by atoms with Crippen LogP contribution < -0.4 is 10.1 Å². The smallest absolute Gasteiger partial charge is 0.252 e. The molecule has 0 bridgehead atoms. The van der Waals surface area contributed by atoms with Crippen molar-refractivity contribution in [2.75, 3.05) is 19.8 Å². The number of benzene rings is 1. The first kappa shape index (κ1) is 16.6. The SMILES string of the molecule is O=C(NCCc1c[nH]c2ccccc12)c1ccc(OC2CCOC2)nc1. The van der Waals surface area contributed by atoms with Gasteiger partial charge in [-0.25, -0.2) is 4.98 Å². The van der Waals surface area contributed by atoms with Gasteiger partial charge in [-0.15, -0.1) is 0 Å². The van der Waals surface area contributed by atoms with Gasteiger partial charge in [-0.3, -0.25) is 4.79 Å². The number of para-hydroxylation sites is 1. The molecule has 1 fully saturated rings. The lowest BCUT2D eigenvalue weighted by Gasteiger charge is -2.11. The Morgan fingerprint density at radius 1 is 1.31 bits per heavy atom. The predicted molar refractivity (Wildman–Crippen MR) is 98.4 cm³/mol. The zero-order valence-electron chi connectivity index (χ0n) is 14.4. The van der Waals surface area contributed by atoms with Gasteiger partial charge in [0.15, 0.2) is 0 Å². The number of aromatic nitrogens is 2. The number of H-pyrrole nitrogens is 1. The van der Waals surface area contributed by atoms with Crippen LogP contribution in [0.4, 0.5) is 0 Å². The van der Waals surface area contributed by atoms with Crippen molar-refractivity contribution in [3.05, 3.63) is 59.9 Å². The molecule has 6 heteroatoms. The van der Waals surface area contributed by atoms with E-state index in [-0.39, 0.29) is 12.0 Å². The summed E-state index contributed by atoms with van der Waals surface area (Å²) >= 11 is 0. The standard InChI is InChI=1S/C20H21N3O3/c24-20(15-5-6-19(23-12-15)26-16-8-10-25-13-16)21-9-7-14-11-22-18-4-2-1-3-17(14)18/h1-6,11-12,16,22H,7-10,13H2,(H,21,24). The van der Waals surface area contributed by atoms with Gasteiger partial charge in [-0.1, -0.05) is 18.2 Å². The Kier molecular flexibility index (Phi) is 4.84. The summed E-state index contributed by atoms with van der Waals surface area (Å²) in [6.45, 7) is 1.89. The average Bonchev–Trinajstić information content (AvgIpc) is 3.32. The van der Waals surface area contributed by atoms with Crippen molar-refractivity contribution in [1.29, 1.82) is 0 Å². The number of carbonyl (C=O) groups is 1. The fraction of sp³-hybridized carbons (Fsp3) is 0.300. The number of fused-ring (bicyclic) bond motifs is 1. The van der Waals surface area contributed by atoms with Crippen molar-refractivity contribution in [3.63, 3.8) is 0 Å². The highest BCUT2D eigenvalue weighted by Crippen LogP contribution is 2.18. The van der Waals surface area contributed by atoms with E-state index in [0.29, 0.717) is 24.6 Å². The molecule has 1 atom stereocenters. The van der Waals surface area contributed by atoms with E-state index in [1.807, 2.05) is 24.4 Å². The Morgan fingerprint density at radius 3 is 3.04 bits per heavy atom. The summed E-state index contributed by atoms with van der Waals surface area (Å²) in [5.41, 5.74) is 2.83. The molecule has 3 heterocycles. The first-order valence-electron chi connectivity index (χ1n) is 8.83. The molecule has 0 spiro atoms. The molecule has 0 aliphatic carbocycles. The summed E-state index contributed by atoms with van der Waals surface area (Å²) < 4.78 is 11.0. The highest BCUT2D eigenvalue weighted by atomic mass is 16.5. The van der Waals surface area contributed by atoms with E-state index in [2.05, 4.69) is 21.4 Å². The molecule has 2 N–H and O–H groups in total. The number of rotatable bonds is 6. The van der Waals surface area contributed by atoms with Crippen LogP contribution in [0.15, 0.2) is 48.8 Å². The molecule has 134 valence electrons. The second-order valence-corrected chi connectivity index (χ2v) is 6.35. The Hall–Kier alpha value is -2.86. The summed E-state index contributed by atoms with van der Waals surface area (Å²) in [5.74, 6) is 0.393. The van der Waals surface area contributed by atoms with E-state index in [9.17, 15) is 4.79 Å². The van der Waals surface area contributed by atoms with Gasteiger partial charge < -0.3 is 19.8 Å². The van der Waals surface area contributed by atoms with Crippen LogP contribution in [0.5, 0.6) is 5.88 Å². The number of aromatic amines is 1. The molecule has 0 radical (unpaired) electrons. The normalized spacial score (nSPS) is 16.7. The minimum atomic E-state index is -0.131. The third-order valence-corrected chi connectivity index (χ3v) is 4.53. The minimum Gasteiger partial charge on any atom is -0.472 e. The topological polar surface area (TPSA) is 76.2 Å². The molecular formula is C20H21N3O3. The molecule has 4 rings (SSSR count). The molecule has 1 aromatic carbocycles. The van der Waals surface area contributed by atoms with Crippen LogP contribution in [-0.4, -0.2) is 41.7 Å². The number of hydrogen-bond donors (Lipinski definition) is 2. The molecular weight excluding hydrogens is 330 g/mol. The molecule has 1 unspecified atom stereocenters. The molecule has 1 saturated heterocycles. The van der Waals surface area contributed by atoms with Crippen molar-refractivity contribution < 1.29 is 14.3 Å². The van der Waals surface area contributed by atoms with Crippen LogP contribution in [0.3, 0.4) is 0 Å². The molecule has 6 nitrogen and oxygen atoms in total.